The highest BCUT2D eigenvalue weighted by Gasteiger charge is 2.54. The second-order valence-corrected chi connectivity index (χ2v) is 19.6. The van der Waals surface area contributed by atoms with Gasteiger partial charge < -0.3 is 49.7 Å². The van der Waals surface area contributed by atoms with Crippen molar-refractivity contribution in [3.63, 3.8) is 0 Å². The van der Waals surface area contributed by atoms with E-state index < -0.39 is 89.6 Å². The van der Waals surface area contributed by atoms with Crippen molar-refractivity contribution in [3.8, 4) is 0 Å². The number of unbranched alkanes of at least 4 members (excludes halogenated alkanes) is 6. The van der Waals surface area contributed by atoms with Crippen molar-refractivity contribution in [2.24, 2.45) is 0 Å². The average Bonchev–Trinajstić information content (AvgIpc) is 3.33. The monoisotopic (exact) mass is 1050 g/mol. The fourth-order valence-electron chi connectivity index (χ4n) is 6.77. The molecule has 0 heterocycles. The number of esters is 2. The van der Waals surface area contributed by atoms with E-state index in [-0.39, 0.29) is 25.7 Å². The predicted molar refractivity (Wildman–Crippen MR) is 279 cm³/mol. The maximum Gasteiger partial charge on any atom is 0.472 e. The molecule has 72 heavy (non-hydrogen) atoms. The Hall–Kier alpha value is -3.64. The van der Waals surface area contributed by atoms with E-state index in [9.17, 15) is 58.9 Å². The molecule has 0 saturated heterocycles. The first-order valence-electron chi connectivity index (χ1n) is 25.2. The molecule has 0 bridgehead atoms. The highest BCUT2D eigenvalue weighted by molar-refractivity contribution is 7.47. The largest absolute Gasteiger partial charge is 0.472 e. The number of aliphatic hydroxyl groups excluding tert-OH is 5. The van der Waals surface area contributed by atoms with Crippen molar-refractivity contribution in [1.82, 2.24) is 0 Å². The van der Waals surface area contributed by atoms with E-state index in [1.165, 1.54) is 0 Å². The van der Waals surface area contributed by atoms with Crippen LogP contribution in [0.3, 0.4) is 0 Å². The summed E-state index contributed by atoms with van der Waals surface area (Å²) in [5.41, 5.74) is 0. The second kappa shape index (κ2) is 41.7. The van der Waals surface area contributed by atoms with Crippen LogP contribution in [0.15, 0.2) is 122 Å². The first kappa shape index (κ1) is 66.4. The Balaban J connectivity index is 2.67. The third kappa shape index (κ3) is 35.5. The summed E-state index contributed by atoms with van der Waals surface area (Å²) >= 11 is 0. The third-order valence-electron chi connectivity index (χ3n) is 10.6. The smallest absolute Gasteiger partial charge is 0.462 e. The van der Waals surface area contributed by atoms with Crippen LogP contribution in [0.5, 0.6) is 0 Å². The summed E-state index contributed by atoms with van der Waals surface area (Å²) in [6.07, 6.45) is 38.8. The fraction of sp³-hybridized carbons (Fsp3) is 0.585. The van der Waals surface area contributed by atoms with Crippen molar-refractivity contribution in [3.05, 3.63) is 122 Å². The van der Waals surface area contributed by atoms with Crippen molar-refractivity contribution in [1.29, 1.82) is 0 Å². The highest BCUT2D eigenvalue weighted by atomic mass is 31.2. The number of carbonyl (C=O) groups excluding carboxylic acids is 2. The number of phosphoric acid groups is 2. The zero-order chi connectivity index (χ0) is 53.3. The maximum absolute atomic E-state index is 13.0. The lowest BCUT2D eigenvalue weighted by Crippen LogP contribution is -2.64. The Bertz CT molecular complexity index is 1860. The van der Waals surface area contributed by atoms with E-state index >= 15 is 0 Å². The molecule has 0 spiro atoms. The Morgan fingerprint density at radius 3 is 1.56 bits per heavy atom. The molecule has 6 unspecified atom stereocenters. The van der Waals surface area contributed by atoms with Crippen molar-refractivity contribution in [2.45, 2.75) is 185 Å². The summed E-state index contributed by atoms with van der Waals surface area (Å²) in [6.45, 7) is 2.72. The van der Waals surface area contributed by atoms with Gasteiger partial charge in [-0.1, -0.05) is 161 Å². The van der Waals surface area contributed by atoms with Crippen LogP contribution in [-0.4, -0.2) is 114 Å². The van der Waals surface area contributed by atoms with Crippen molar-refractivity contribution < 1.29 is 82.0 Å². The number of phosphoric ester groups is 2. The molecule has 17 nitrogen and oxygen atoms in total. The third-order valence-corrected chi connectivity index (χ3v) is 12.1. The molecule has 19 heteroatoms. The van der Waals surface area contributed by atoms with Crippen LogP contribution in [0, 0.1) is 0 Å². The molecule has 0 aromatic heterocycles. The number of ether oxygens (including phenoxy) is 2. The molecule has 1 aliphatic rings. The quantitative estimate of drug-likeness (QED) is 0.00933. The van der Waals surface area contributed by atoms with Crippen LogP contribution in [0.4, 0.5) is 0 Å². The van der Waals surface area contributed by atoms with Crippen LogP contribution in [-0.2, 0) is 41.8 Å². The van der Waals surface area contributed by atoms with Gasteiger partial charge in [0.2, 0.25) is 0 Å². The predicted octanol–water partition coefficient (Wildman–Crippen LogP) is 9.25. The molecule has 0 aromatic rings. The van der Waals surface area contributed by atoms with E-state index in [2.05, 4.69) is 103 Å². The van der Waals surface area contributed by atoms with Gasteiger partial charge in [0.1, 0.15) is 43.2 Å². The van der Waals surface area contributed by atoms with Gasteiger partial charge in [-0.25, -0.2) is 9.13 Å². The molecule has 0 amide bonds. The summed E-state index contributed by atoms with van der Waals surface area (Å²) < 4.78 is 49.3. The Kier molecular flexibility index (Phi) is 38.4. The minimum absolute atomic E-state index is 0.0594. The molecule has 0 aromatic carbocycles. The maximum atomic E-state index is 13.0. The minimum atomic E-state index is -5.40. The van der Waals surface area contributed by atoms with Gasteiger partial charge in [-0.05, 0) is 83.5 Å². The minimum Gasteiger partial charge on any atom is -0.462 e. The standard InChI is InChI=1S/C53H84O17P2/c1-3-5-7-9-11-13-15-17-18-19-20-21-22-24-26-28-30-32-36-40-46(55)66-42-45(43-67-72(64,65)70-53-50(59)48(57)49(58)52(51(53)60)69-71(61,62)63)68-47(56)41-37-33-35-39-44(54)38-34-31-29-27-25-23-16-14-12-10-8-6-4-2/h5-8,11-14,17-18,20-21,23,25,29,31,33-35,38,44-45,48-54,57-60H,3-4,9-10,15-16,19,22,24,26-28,30,32,36-37,39-43H2,1-2H3,(H,64,65)(H2,61,62,63)/b7-5-,8-6-,13-11-,14-12-,18-17-,21-20-,25-23-,31-29-,35-33-,38-34-/t44?,45-,48?,49?,50?,51?,52-,53+/m1/s1. The van der Waals surface area contributed by atoms with Crippen LogP contribution in [0.1, 0.15) is 136 Å². The molecule has 408 valence electrons. The van der Waals surface area contributed by atoms with Gasteiger partial charge in [0.05, 0.1) is 12.7 Å². The zero-order valence-corrected chi connectivity index (χ0v) is 44.0. The lowest BCUT2D eigenvalue weighted by atomic mass is 9.85. The normalized spacial score (nSPS) is 22.2. The number of carbonyl (C=O) groups is 2. The fourth-order valence-corrected chi connectivity index (χ4v) is 8.31. The first-order chi connectivity index (χ1) is 34.5. The lowest BCUT2D eigenvalue weighted by molar-refractivity contribution is -0.216. The summed E-state index contributed by atoms with van der Waals surface area (Å²) in [7, 11) is -10.8. The van der Waals surface area contributed by atoms with E-state index in [1.807, 2.05) is 12.2 Å². The molecule has 1 saturated carbocycles. The van der Waals surface area contributed by atoms with Gasteiger partial charge in [-0.3, -0.25) is 23.2 Å². The van der Waals surface area contributed by atoms with Gasteiger partial charge in [0.25, 0.3) is 0 Å². The summed E-state index contributed by atoms with van der Waals surface area (Å²) in [4.78, 5) is 54.4. The average molecular weight is 1060 g/mol. The number of rotatable bonds is 40. The second-order valence-electron chi connectivity index (χ2n) is 17.0. The van der Waals surface area contributed by atoms with Crippen LogP contribution in [0.2, 0.25) is 0 Å². The van der Waals surface area contributed by atoms with Gasteiger partial charge in [-0.15, -0.1) is 0 Å². The molecule has 1 fully saturated rings. The Labute approximate surface area is 427 Å². The Morgan fingerprint density at radius 1 is 0.514 bits per heavy atom. The van der Waals surface area contributed by atoms with Gasteiger partial charge in [0.15, 0.2) is 6.10 Å². The van der Waals surface area contributed by atoms with Gasteiger partial charge >= 0.3 is 27.6 Å². The number of allylic oxidation sites excluding steroid dienone is 18. The zero-order valence-electron chi connectivity index (χ0n) is 42.2. The molecule has 0 radical (unpaired) electrons. The van der Waals surface area contributed by atoms with Crippen molar-refractivity contribution in [2.75, 3.05) is 13.2 Å². The molecule has 8 N–H and O–H groups in total. The SMILES string of the molecule is CC/C=C\C/C=C\C/C=C\C/C=C\C=C/C(O)C/C=C\CCC(=O)O[C@H](COC(=O)CCCCCCCC/C=C\C/C=C\C/C=C\C/C=C\CC)COP(=O)(O)O[C@H]1C(O)C(O)C(O)[C@@H](OP(=O)(O)O)C1O. The summed E-state index contributed by atoms with van der Waals surface area (Å²) in [6, 6.07) is 0. The van der Waals surface area contributed by atoms with E-state index in [0.29, 0.717) is 6.42 Å². The molecular formula is C53H84O17P2. The molecular weight excluding hydrogens is 971 g/mol. The molecule has 9 atom stereocenters. The van der Waals surface area contributed by atoms with E-state index in [0.717, 1.165) is 89.9 Å². The van der Waals surface area contributed by atoms with Gasteiger partial charge in [0, 0.05) is 12.8 Å². The molecule has 1 aliphatic carbocycles. The number of hydrogen-bond acceptors (Lipinski definition) is 14. The first-order valence-corrected chi connectivity index (χ1v) is 28.2. The van der Waals surface area contributed by atoms with Crippen LogP contribution < -0.4 is 0 Å². The molecule has 0 aliphatic heterocycles. The molecule has 1 rings (SSSR count). The van der Waals surface area contributed by atoms with E-state index in [4.69, 9.17) is 18.5 Å². The lowest BCUT2D eigenvalue weighted by Gasteiger charge is -2.43. The number of aliphatic hydroxyl groups is 5. The number of hydrogen-bond donors (Lipinski definition) is 8. The topological polar surface area (TPSA) is 276 Å². The Morgan fingerprint density at radius 2 is 1.00 bits per heavy atom. The van der Waals surface area contributed by atoms with Crippen LogP contribution >= 0.6 is 15.6 Å². The summed E-state index contributed by atoms with van der Waals surface area (Å²) in [5, 5.41) is 51.6. The van der Waals surface area contributed by atoms with E-state index in [1.54, 1.807) is 24.3 Å². The highest BCUT2D eigenvalue weighted by Crippen LogP contribution is 2.49. The van der Waals surface area contributed by atoms with Crippen LogP contribution in [0.25, 0.3) is 0 Å². The van der Waals surface area contributed by atoms with Crippen molar-refractivity contribution >= 4 is 27.6 Å². The summed E-state index contributed by atoms with van der Waals surface area (Å²) in [5.74, 6) is -1.42. The van der Waals surface area contributed by atoms with Gasteiger partial charge in [-0.2, -0.15) is 0 Å².